The number of carbonyl (C=O) groups is 2. The number of hydrogen-bond acceptors (Lipinski definition) is 4. The van der Waals surface area contributed by atoms with Gasteiger partial charge in [0.15, 0.2) is 6.10 Å². The van der Waals surface area contributed by atoms with Gasteiger partial charge in [-0.15, -0.1) is 0 Å². The molecule has 2 aromatic rings. The molecular formula is C20H21NO4. The third kappa shape index (κ3) is 3.82. The summed E-state index contributed by atoms with van der Waals surface area (Å²) in [5, 5.41) is 0. The molecule has 0 radical (unpaired) electrons. The number of amides is 1. The third-order valence-corrected chi connectivity index (χ3v) is 4.11. The molecule has 1 amide bonds. The molecule has 0 N–H and O–H groups in total. The Morgan fingerprint density at radius 2 is 2.08 bits per heavy atom. The maximum Gasteiger partial charge on any atom is 0.267 e. The van der Waals surface area contributed by atoms with Crippen LogP contribution in [0, 0.1) is 6.92 Å². The normalized spacial score (nSPS) is 16.2. The molecule has 0 aromatic heterocycles. The van der Waals surface area contributed by atoms with E-state index >= 15 is 0 Å². The largest absolute Gasteiger partial charge is 0.494 e. The first-order valence-electron chi connectivity index (χ1n) is 8.35. The van der Waals surface area contributed by atoms with Crippen LogP contribution < -0.4 is 14.4 Å². The van der Waals surface area contributed by atoms with Crippen molar-refractivity contribution in [2.24, 2.45) is 0 Å². The minimum Gasteiger partial charge on any atom is -0.494 e. The number of ether oxygens (including phenoxy) is 2. The predicted molar refractivity (Wildman–Crippen MR) is 95.6 cm³/mol. The van der Waals surface area contributed by atoms with E-state index in [1.54, 1.807) is 30.0 Å². The standard InChI is InChI=1S/C20H21NO4/c1-14-5-3-6-17(11-14)24-10-4-9-21-18-12-16(13-22)7-8-19(18)25-15(2)20(21)23/h3,5-8,11-13,15H,4,9-10H2,1-2H3. The van der Waals surface area contributed by atoms with E-state index in [1.807, 2.05) is 31.2 Å². The molecule has 0 fully saturated rings. The van der Waals surface area contributed by atoms with Gasteiger partial charge in [-0.3, -0.25) is 9.59 Å². The number of aldehydes is 1. The molecule has 0 spiro atoms. The Labute approximate surface area is 147 Å². The van der Waals surface area contributed by atoms with Crippen molar-refractivity contribution in [3.05, 3.63) is 53.6 Å². The molecule has 25 heavy (non-hydrogen) atoms. The Bertz CT molecular complexity index is 787. The number of benzene rings is 2. The zero-order valence-corrected chi connectivity index (χ0v) is 14.4. The van der Waals surface area contributed by atoms with Crippen LogP contribution in [-0.2, 0) is 4.79 Å². The Kier molecular flexibility index (Phi) is 5.03. The Balaban J connectivity index is 1.67. The van der Waals surface area contributed by atoms with Crippen LogP contribution in [0.25, 0.3) is 0 Å². The van der Waals surface area contributed by atoms with Gasteiger partial charge < -0.3 is 14.4 Å². The van der Waals surface area contributed by atoms with Crippen molar-refractivity contribution in [1.29, 1.82) is 0 Å². The topological polar surface area (TPSA) is 55.8 Å². The van der Waals surface area contributed by atoms with Gasteiger partial charge in [-0.2, -0.15) is 0 Å². The highest BCUT2D eigenvalue weighted by Gasteiger charge is 2.31. The highest BCUT2D eigenvalue weighted by molar-refractivity contribution is 6.00. The van der Waals surface area contributed by atoms with Crippen molar-refractivity contribution in [2.75, 3.05) is 18.1 Å². The molecule has 1 aliphatic rings. The number of rotatable bonds is 6. The van der Waals surface area contributed by atoms with E-state index < -0.39 is 6.10 Å². The summed E-state index contributed by atoms with van der Waals surface area (Å²) in [6.45, 7) is 4.76. The number of nitrogens with zero attached hydrogens (tertiary/aromatic N) is 1. The van der Waals surface area contributed by atoms with Crippen LogP contribution in [0.2, 0.25) is 0 Å². The summed E-state index contributed by atoms with van der Waals surface area (Å²) >= 11 is 0. The van der Waals surface area contributed by atoms with Crippen LogP contribution in [0.4, 0.5) is 5.69 Å². The summed E-state index contributed by atoms with van der Waals surface area (Å²) < 4.78 is 11.4. The SMILES string of the molecule is Cc1cccc(OCCCN2C(=O)C(C)Oc3ccc(C=O)cc32)c1. The molecule has 0 saturated heterocycles. The number of aryl methyl sites for hydroxylation is 1. The summed E-state index contributed by atoms with van der Waals surface area (Å²) in [6.07, 6.45) is 0.908. The van der Waals surface area contributed by atoms with E-state index in [2.05, 4.69) is 0 Å². The molecule has 2 aromatic carbocycles. The first kappa shape index (κ1) is 17.0. The van der Waals surface area contributed by atoms with Crippen molar-refractivity contribution in [3.63, 3.8) is 0 Å². The van der Waals surface area contributed by atoms with Gasteiger partial charge in [0, 0.05) is 12.1 Å². The van der Waals surface area contributed by atoms with E-state index in [-0.39, 0.29) is 5.91 Å². The van der Waals surface area contributed by atoms with Crippen LogP contribution in [0.1, 0.15) is 29.3 Å². The van der Waals surface area contributed by atoms with Gasteiger partial charge in [-0.05, 0) is 56.2 Å². The van der Waals surface area contributed by atoms with Crippen molar-refractivity contribution >= 4 is 17.9 Å². The highest BCUT2D eigenvalue weighted by atomic mass is 16.5. The summed E-state index contributed by atoms with van der Waals surface area (Å²) in [5.74, 6) is 1.34. The smallest absolute Gasteiger partial charge is 0.267 e. The zero-order valence-electron chi connectivity index (χ0n) is 14.4. The van der Waals surface area contributed by atoms with E-state index in [9.17, 15) is 9.59 Å². The maximum atomic E-state index is 12.5. The highest BCUT2D eigenvalue weighted by Crippen LogP contribution is 2.34. The molecule has 1 atom stereocenters. The fraction of sp³-hybridized carbons (Fsp3) is 0.300. The van der Waals surface area contributed by atoms with Gasteiger partial charge in [0.2, 0.25) is 0 Å². The first-order valence-corrected chi connectivity index (χ1v) is 8.35. The lowest BCUT2D eigenvalue weighted by Gasteiger charge is -2.33. The minimum atomic E-state index is -0.535. The van der Waals surface area contributed by atoms with Gasteiger partial charge in [0.25, 0.3) is 5.91 Å². The molecule has 1 heterocycles. The number of carbonyl (C=O) groups excluding carboxylic acids is 2. The van der Waals surface area contributed by atoms with Gasteiger partial charge in [-0.25, -0.2) is 0 Å². The molecule has 5 nitrogen and oxygen atoms in total. The van der Waals surface area contributed by atoms with Gasteiger partial charge >= 0.3 is 0 Å². The lowest BCUT2D eigenvalue weighted by atomic mass is 10.1. The molecule has 0 bridgehead atoms. The van der Waals surface area contributed by atoms with Crippen molar-refractivity contribution in [1.82, 2.24) is 0 Å². The molecule has 0 aliphatic carbocycles. The van der Waals surface area contributed by atoms with Gasteiger partial charge in [-0.1, -0.05) is 12.1 Å². The molecule has 1 aliphatic heterocycles. The van der Waals surface area contributed by atoms with Crippen LogP contribution in [0.3, 0.4) is 0 Å². The maximum absolute atomic E-state index is 12.5. The molecule has 3 rings (SSSR count). The fourth-order valence-corrected chi connectivity index (χ4v) is 2.85. The second-order valence-corrected chi connectivity index (χ2v) is 6.11. The van der Waals surface area contributed by atoms with E-state index in [4.69, 9.17) is 9.47 Å². The average Bonchev–Trinajstić information content (AvgIpc) is 2.61. The number of hydrogen-bond donors (Lipinski definition) is 0. The second-order valence-electron chi connectivity index (χ2n) is 6.11. The Morgan fingerprint density at radius 1 is 1.24 bits per heavy atom. The van der Waals surface area contributed by atoms with E-state index in [1.165, 1.54) is 0 Å². The van der Waals surface area contributed by atoms with Crippen molar-refractivity contribution in [3.8, 4) is 11.5 Å². The summed E-state index contributed by atoms with van der Waals surface area (Å²) in [4.78, 5) is 25.2. The van der Waals surface area contributed by atoms with Gasteiger partial charge in [0.05, 0.1) is 12.3 Å². The number of fused-ring (bicyclic) bond motifs is 1. The second kappa shape index (κ2) is 7.38. The molecular weight excluding hydrogens is 318 g/mol. The van der Waals surface area contributed by atoms with Crippen LogP contribution in [0.15, 0.2) is 42.5 Å². The van der Waals surface area contributed by atoms with Gasteiger partial charge in [0.1, 0.15) is 17.8 Å². The fourth-order valence-electron chi connectivity index (χ4n) is 2.85. The lowest BCUT2D eigenvalue weighted by Crippen LogP contribution is -2.45. The van der Waals surface area contributed by atoms with Crippen molar-refractivity contribution in [2.45, 2.75) is 26.4 Å². The van der Waals surface area contributed by atoms with Crippen LogP contribution in [0.5, 0.6) is 11.5 Å². The lowest BCUT2D eigenvalue weighted by molar-refractivity contribution is -0.125. The third-order valence-electron chi connectivity index (χ3n) is 4.11. The quantitative estimate of drug-likeness (QED) is 0.598. The molecule has 0 saturated carbocycles. The Morgan fingerprint density at radius 3 is 2.84 bits per heavy atom. The number of anilines is 1. The zero-order chi connectivity index (χ0) is 17.8. The minimum absolute atomic E-state index is 0.105. The van der Waals surface area contributed by atoms with E-state index in [0.717, 1.165) is 17.6 Å². The monoisotopic (exact) mass is 339 g/mol. The van der Waals surface area contributed by atoms with Crippen LogP contribution >= 0.6 is 0 Å². The molecule has 130 valence electrons. The summed E-state index contributed by atoms with van der Waals surface area (Å²) in [7, 11) is 0. The molecule has 5 heteroatoms. The van der Waals surface area contributed by atoms with E-state index in [0.29, 0.717) is 36.6 Å². The summed E-state index contributed by atoms with van der Waals surface area (Å²) in [6, 6.07) is 13.0. The van der Waals surface area contributed by atoms with Crippen molar-refractivity contribution < 1.29 is 19.1 Å². The summed E-state index contributed by atoms with van der Waals surface area (Å²) in [5.41, 5.74) is 2.30. The molecule has 1 unspecified atom stereocenters. The predicted octanol–water partition coefficient (Wildman–Crippen LogP) is 3.39. The van der Waals surface area contributed by atoms with Crippen LogP contribution in [-0.4, -0.2) is 31.4 Å². The Hall–Kier alpha value is -2.82. The first-order chi connectivity index (χ1) is 12.1. The average molecular weight is 339 g/mol.